The van der Waals surface area contributed by atoms with Gasteiger partial charge in [0.2, 0.25) is 0 Å². The molecule has 3 heteroatoms. The Balaban J connectivity index is 1.03. The monoisotopic (exact) mass is 761 g/mol. The van der Waals surface area contributed by atoms with Gasteiger partial charge in [-0.1, -0.05) is 164 Å². The first-order chi connectivity index (χ1) is 28.2. The lowest BCUT2D eigenvalue weighted by Gasteiger charge is -2.27. The first-order valence-electron chi connectivity index (χ1n) is 19.3. The van der Waals surface area contributed by atoms with Crippen molar-refractivity contribution >= 4 is 80.1 Å². The van der Waals surface area contributed by atoms with Gasteiger partial charge >= 0.3 is 0 Å². The van der Waals surface area contributed by atoms with E-state index >= 15 is 0 Å². The molecule has 1 nitrogen and oxygen atoms in total. The van der Waals surface area contributed by atoms with Gasteiger partial charge in [0, 0.05) is 47.0 Å². The van der Waals surface area contributed by atoms with Gasteiger partial charge in [-0.15, -0.1) is 22.7 Å². The first-order valence-corrected chi connectivity index (χ1v) is 21.0. The highest BCUT2D eigenvalue weighted by Crippen LogP contribution is 2.48. The quantitative estimate of drug-likeness (QED) is 0.156. The van der Waals surface area contributed by atoms with Crippen LogP contribution in [0.5, 0.6) is 0 Å². The largest absolute Gasteiger partial charge is 0.309 e. The van der Waals surface area contributed by atoms with Crippen molar-refractivity contribution in [3.05, 3.63) is 212 Å². The summed E-state index contributed by atoms with van der Waals surface area (Å²) in [5, 5.41) is 5.24. The van der Waals surface area contributed by atoms with Crippen molar-refractivity contribution in [1.82, 2.24) is 0 Å². The molecule has 0 fully saturated rings. The summed E-state index contributed by atoms with van der Waals surface area (Å²) in [5.74, 6) is 0. The van der Waals surface area contributed by atoms with Crippen molar-refractivity contribution < 1.29 is 0 Å². The number of thiophene rings is 2. The van der Waals surface area contributed by atoms with Crippen LogP contribution < -0.4 is 4.90 Å². The number of anilines is 3. The van der Waals surface area contributed by atoms with Crippen molar-refractivity contribution in [3.8, 4) is 44.5 Å². The zero-order valence-electron chi connectivity index (χ0n) is 31.0. The minimum absolute atomic E-state index is 1.12. The molecule has 0 aliphatic carbocycles. The number of benzene rings is 9. The Morgan fingerprint density at radius 3 is 1.39 bits per heavy atom. The predicted molar refractivity (Wildman–Crippen MR) is 249 cm³/mol. The molecule has 2 heterocycles. The molecule has 0 unspecified atom stereocenters. The number of hydrogen-bond acceptors (Lipinski definition) is 3. The minimum Gasteiger partial charge on any atom is -0.309 e. The van der Waals surface area contributed by atoms with Gasteiger partial charge in [-0.25, -0.2) is 0 Å². The third kappa shape index (κ3) is 6.00. The highest BCUT2D eigenvalue weighted by atomic mass is 32.1. The lowest BCUT2D eigenvalue weighted by molar-refractivity contribution is 1.30. The van der Waals surface area contributed by atoms with Crippen LogP contribution in [0.1, 0.15) is 0 Å². The van der Waals surface area contributed by atoms with Crippen molar-refractivity contribution in [2.24, 2.45) is 0 Å². The summed E-state index contributed by atoms with van der Waals surface area (Å²) in [6.07, 6.45) is 0. The highest BCUT2D eigenvalue weighted by molar-refractivity contribution is 7.26. The second kappa shape index (κ2) is 14.1. The maximum absolute atomic E-state index is 2.44. The second-order valence-corrected chi connectivity index (χ2v) is 16.6. The molecule has 0 aliphatic rings. The van der Waals surface area contributed by atoms with E-state index in [0.29, 0.717) is 0 Å². The highest BCUT2D eigenvalue weighted by Gasteiger charge is 2.21. The van der Waals surface area contributed by atoms with Crippen molar-refractivity contribution in [3.63, 3.8) is 0 Å². The first kappa shape index (κ1) is 33.5. The molecule has 11 rings (SSSR count). The van der Waals surface area contributed by atoms with E-state index in [4.69, 9.17) is 0 Å². The van der Waals surface area contributed by atoms with Crippen LogP contribution in [-0.2, 0) is 0 Å². The van der Waals surface area contributed by atoms with E-state index in [1.807, 2.05) is 22.7 Å². The number of nitrogens with zero attached hydrogens (tertiary/aromatic N) is 1. The number of fused-ring (bicyclic) bond motifs is 6. The Morgan fingerprint density at radius 2 is 0.754 bits per heavy atom. The van der Waals surface area contributed by atoms with E-state index in [1.165, 1.54) is 90.5 Å². The molecule has 0 amide bonds. The second-order valence-electron chi connectivity index (χ2n) is 14.5. The molecule has 0 atom stereocenters. The molecule has 268 valence electrons. The third-order valence-corrected chi connectivity index (χ3v) is 13.4. The van der Waals surface area contributed by atoms with E-state index in [2.05, 4.69) is 217 Å². The van der Waals surface area contributed by atoms with Crippen molar-refractivity contribution in [2.75, 3.05) is 4.90 Å². The van der Waals surface area contributed by atoms with E-state index in [1.54, 1.807) is 0 Å². The molecule has 9 aromatic carbocycles. The zero-order chi connectivity index (χ0) is 37.7. The van der Waals surface area contributed by atoms with Crippen LogP contribution in [0.2, 0.25) is 0 Å². The SMILES string of the molecule is c1ccc(-c2ccc(-c3ccc(N(c4ccc(-c5ccc6c(c5)sc5ccccc56)cc4)c4ccc(-c5ccccc5)c5c4sc4ccccc45)cc3)cc2)cc1. The fraction of sp³-hybridized carbons (Fsp3) is 0. The summed E-state index contributed by atoms with van der Waals surface area (Å²) in [6.45, 7) is 0. The summed E-state index contributed by atoms with van der Waals surface area (Å²) < 4.78 is 5.22. The van der Waals surface area contributed by atoms with Crippen LogP contribution in [0.3, 0.4) is 0 Å². The molecule has 0 aliphatic heterocycles. The van der Waals surface area contributed by atoms with Crippen molar-refractivity contribution in [2.45, 2.75) is 0 Å². The van der Waals surface area contributed by atoms with Crippen LogP contribution in [0.4, 0.5) is 17.1 Å². The molecular formula is C54H35NS2. The lowest BCUT2D eigenvalue weighted by atomic mass is 9.98. The number of rotatable bonds is 7. The molecule has 0 radical (unpaired) electrons. The molecule has 57 heavy (non-hydrogen) atoms. The molecule has 0 saturated heterocycles. The molecule has 2 aromatic heterocycles. The Labute approximate surface area is 340 Å². The van der Waals surface area contributed by atoms with E-state index in [9.17, 15) is 0 Å². The normalized spacial score (nSPS) is 11.5. The van der Waals surface area contributed by atoms with Gasteiger partial charge < -0.3 is 4.90 Å². The van der Waals surface area contributed by atoms with Crippen LogP contribution in [0, 0.1) is 0 Å². The summed E-state index contributed by atoms with van der Waals surface area (Å²) in [5.41, 5.74) is 13.2. The van der Waals surface area contributed by atoms with E-state index < -0.39 is 0 Å². The average molecular weight is 762 g/mol. The van der Waals surface area contributed by atoms with E-state index in [0.717, 1.165) is 11.4 Å². The fourth-order valence-corrected chi connectivity index (χ4v) is 10.7. The standard InChI is InChI=1S/C54H35NS2/c1-3-11-36(12-4-1)37-19-21-38(22-20-37)39-23-28-43(29-24-39)55(44-30-25-40(26-31-44)42-27-32-47-46-15-7-9-17-50(46)56-52(47)35-42)49-34-33-45(41-13-5-2-6-14-41)53-48-16-8-10-18-51(48)57-54(49)53/h1-35H. The maximum atomic E-state index is 2.44. The van der Waals surface area contributed by atoms with Crippen LogP contribution >= 0.6 is 22.7 Å². The van der Waals surface area contributed by atoms with Gasteiger partial charge in [0.05, 0.1) is 10.4 Å². The molecule has 0 saturated carbocycles. The van der Waals surface area contributed by atoms with Gasteiger partial charge in [-0.3, -0.25) is 0 Å². The summed E-state index contributed by atoms with van der Waals surface area (Å²) in [4.78, 5) is 2.44. The summed E-state index contributed by atoms with van der Waals surface area (Å²) >= 11 is 3.74. The van der Waals surface area contributed by atoms with Crippen LogP contribution in [0.25, 0.3) is 84.9 Å². The number of hydrogen-bond donors (Lipinski definition) is 0. The average Bonchev–Trinajstić information content (AvgIpc) is 3.87. The van der Waals surface area contributed by atoms with Gasteiger partial charge in [0.1, 0.15) is 0 Å². The Hall–Kier alpha value is -6.78. The Bertz CT molecular complexity index is 3200. The van der Waals surface area contributed by atoms with Crippen LogP contribution in [0.15, 0.2) is 212 Å². The van der Waals surface area contributed by atoms with Gasteiger partial charge in [0.15, 0.2) is 0 Å². The maximum Gasteiger partial charge on any atom is 0.0640 e. The topological polar surface area (TPSA) is 3.24 Å². The Morgan fingerprint density at radius 1 is 0.298 bits per heavy atom. The minimum atomic E-state index is 1.12. The Kier molecular flexibility index (Phi) is 8.28. The van der Waals surface area contributed by atoms with E-state index in [-0.39, 0.29) is 0 Å². The predicted octanol–water partition coefficient (Wildman–Crippen LogP) is 16.6. The van der Waals surface area contributed by atoms with Gasteiger partial charge in [-0.2, -0.15) is 0 Å². The van der Waals surface area contributed by atoms with Crippen LogP contribution in [-0.4, -0.2) is 0 Å². The van der Waals surface area contributed by atoms with Gasteiger partial charge in [-0.05, 0) is 93.0 Å². The molecule has 0 N–H and O–H groups in total. The third-order valence-electron chi connectivity index (χ3n) is 11.1. The summed E-state index contributed by atoms with van der Waals surface area (Å²) in [6, 6.07) is 77.5. The van der Waals surface area contributed by atoms with Gasteiger partial charge in [0.25, 0.3) is 0 Å². The van der Waals surface area contributed by atoms with Crippen molar-refractivity contribution in [1.29, 1.82) is 0 Å². The summed E-state index contributed by atoms with van der Waals surface area (Å²) in [7, 11) is 0. The molecular weight excluding hydrogens is 727 g/mol. The smallest absolute Gasteiger partial charge is 0.0640 e. The fourth-order valence-electron chi connectivity index (χ4n) is 8.27. The zero-order valence-corrected chi connectivity index (χ0v) is 32.6. The lowest BCUT2D eigenvalue weighted by Crippen LogP contribution is -2.10. The molecule has 0 spiro atoms. The molecule has 0 bridgehead atoms. The molecule has 11 aromatic rings.